The second kappa shape index (κ2) is 8.12. The highest BCUT2D eigenvalue weighted by atomic mass is 16.6. The maximum absolute atomic E-state index is 11.9. The van der Waals surface area contributed by atoms with E-state index in [-0.39, 0.29) is 17.2 Å². The van der Waals surface area contributed by atoms with Gasteiger partial charge in [0.25, 0.3) is 5.69 Å². The van der Waals surface area contributed by atoms with Crippen molar-refractivity contribution < 1.29 is 19.2 Å². The molecular weight excluding hydrogens is 360 g/mol. The van der Waals surface area contributed by atoms with E-state index in [9.17, 15) is 14.9 Å². The second-order valence-electron chi connectivity index (χ2n) is 7.10. The summed E-state index contributed by atoms with van der Waals surface area (Å²) in [5, 5.41) is 13.4. The molecule has 1 aliphatic rings. The molecule has 28 heavy (non-hydrogen) atoms. The molecule has 1 heterocycles. The number of nitro groups is 1. The number of carbonyl (C=O) groups excluding carboxylic acids is 1. The molecule has 7 nitrogen and oxygen atoms in total. The van der Waals surface area contributed by atoms with Gasteiger partial charge in [-0.1, -0.05) is 12.1 Å². The fourth-order valence-electron chi connectivity index (χ4n) is 2.97. The monoisotopic (exact) mass is 382 g/mol. The number of ether oxygens (including phenoxy) is 2. The quantitative estimate of drug-likeness (QED) is 0.342. The van der Waals surface area contributed by atoms with Gasteiger partial charge in [0, 0.05) is 30.2 Å². The molecule has 0 aromatic heterocycles. The van der Waals surface area contributed by atoms with Crippen LogP contribution in [-0.4, -0.2) is 29.6 Å². The molecule has 2 aromatic rings. The molecule has 0 aliphatic carbocycles. The third kappa shape index (κ3) is 4.88. The average molecular weight is 382 g/mol. The topological polar surface area (TPSA) is 90.7 Å². The zero-order valence-corrected chi connectivity index (χ0v) is 15.8. The van der Waals surface area contributed by atoms with Crippen LogP contribution < -0.4 is 14.8 Å². The third-order valence-electron chi connectivity index (χ3n) is 4.24. The fourth-order valence-corrected chi connectivity index (χ4v) is 2.97. The highest BCUT2D eigenvalue weighted by molar-refractivity contribution is 5.91. The van der Waals surface area contributed by atoms with Crippen LogP contribution >= 0.6 is 0 Å². The molecule has 0 atom stereocenters. The van der Waals surface area contributed by atoms with E-state index in [4.69, 9.17) is 9.47 Å². The van der Waals surface area contributed by atoms with Crippen molar-refractivity contribution in [1.29, 1.82) is 0 Å². The molecule has 7 heteroatoms. The fraction of sp³-hybridized carbons (Fsp3) is 0.286. The van der Waals surface area contributed by atoms with Crippen LogP contribution in [0.5, 0.6) is 11.5 Å². The van der Waals surface area contributed by atoms with Crippen molar-refractivity contribution in [3.63, 3.8) is 0 Å². The lowest BCUT2D eigenvalue weighted by Crippen LogP contribution is -2.26. The number of rotatable bonds is 7. The zero-order valence-electron chi connectivity index (χ0n) is 15.8. The number of fused-ring (bicyclic) bond motifs is 1. The van der Waals surface area contributed by atoms with Crippen LogP contribution in [0.4, 0.5) is 5.69 Å². The van der Waals surface area contributed by atoms with Gasteiger partial charge in [-0.15, -0.1) is 0 Å². The lowest BCUT2D eigenvalue weighted by Gasteiger charge is -2.18. The highest BCUT2D eigenvalue weighted by Gasteiger charge is 2.32. The lowest BCUT2D eigenvalue weighted by molar-refractivity contribution is -0.384. The number of benzene rings is 2. The minimum atomic E-state index is -0.464. The number of nitro benzene ring substituents is 1. The standard InChI is InChI=1S/C21H22N2O5/c1-21(2)14-16-4-3-5-18(20(16)28-21)27-13-12-22-19(24)11-8-15-6-9-17(10-7-15)23(25)26/h3-11H,12-14H2,1-2H3,(H,22,24)/b11-8+. The average Bonchev–Trinajstić information content (AvgIpc) is 2.98. The Balaban J connectivity index is 1.45. The van der Waals surface area contributed by atoms with E-state index in [0.717, 1.165) is 17.7 Å². The van der Waals surface area contributed by atoms with Gasteiger partial charge >= 0.3 is 0 Å². The van der Waals surface area contributed by atoms with Gasteiger partial charge < -0.3 is 14.8 Å². The Morgan fingerprint density at radius 1 is 1.29 bits per heavy atom. The first-order chi connectivity index (χ1) is 13.3. The molecule has 0 unspecified atom stereocenters. The number of carbonyl (C=O) groups is 1. The first kappa shape index (κ1) is 19.4. The Bertz CT molecular complexity index is 904. The van der Waals surface area contributed by atoms with Gasteiger partial charge in [0.1, 0.15) is 12.2 Å². The van der Waals surface area contributed by atoms with Crippen molar-refractivity contribution in [1.82, 2.24) is 5.32 Å². The molecule has 0 bridgehead atoms. The van der Waals surface area contributed by atoms with Gasteiger partial charge in [-0.3, -0.25) is 14.9 Å². The van der Waals surface area contributed by atoms with Crippen LogP contribution in [0, 0.1) is 10.1 Å². The van der Waals surface area contributed by atoms with Crippen LogP contribution in [0.25, 0.3) is 6.08 Å². The number of hydrogen-bond acceptors (Lipinski definition) is 5. The van der Waals surface area contributed by atoms with E-state index in [1.54, 1.807) is 18.2 Å². The maximum Gasteiger partial charge on any atom is 0.269 e. The Morgan fingerprint density at radius 2 is 2.04 bits per heavy atom. The Morgan fingerprint density at radius 3 is 2.75 bits per heavy atom. The third-order valence-corrected chi connectivity index (χ3v) is 4.24. The van der Waals surface area contributed by atoms with Crippen LogP contribution in [0.3, 0.4) is 0 Å². The molecule has 1 amide bonds. The first-order valence-electron chi connectivity index (χ1n) is 8.98. The Kier molecular flexibility index (Phi) is 5.63. The molecule has 3 rings (SSSR count). The number of para-hydroxylation sites is 1. The molecule has 0 saturated carbocycles. The zero-order chi connectivity index (χ0) is 20.1. The van der Waals surface area contributed by atoms with Crippen molar-refractivity contribution in [2.45, 2.75) is 25.9 Å². The van der Waals surface area contributed by atoms with Crippen LogP contribution in [0.15, 0.2) is 48.5 Å². The summed E-state index contributed by atoms with van der Waals surface area (Å²) in [6, 6.07) is 11.8. The molecular formula is C21H22N2O5. The van der Waals surface area contributed by atoms with E-state index in [1.807, 2.05) is 32.0 Å². The van der Waals surface area contributed by atoms with Gasteiger partial charge in [-0.05, 0) is 43.7 Å². The number of amides is 1. The van der Waals surface area contributed by atoms with Crippen LogP contribution in [0.1, 0.15) is 25.0 Å². The molecule has 146 valence electrons. The maximum atomic E-state index is 11.9. The van der Waals surface area contributed by atoms with Crippen molar-refractivity contribution in [2.24, 2.45) is 0 Å². The minimum Gasteiger partial charge on any atom is -0.488 e. The SMILES string of the molecule is CC1(C)Cc2cccc(OCCNC(=O)/C=C/c3ccc([N+](=O)[O-])cc3)c2O1. The number of non-ortho nitro benzene ring substituents is 1. The van der Waals surface area contributed by atoms with Gasteiger partial charge in [0.2, 0.25) is 5.91 Å². The summed E-state index contributed by atoms with van der Waals surface area (Å²) < 4.78 is 11.7. The molecule has 0 radical (unpaired) electrons. The van der Waals surface area contributed by atoms with Crippen LogP contribution in [0.2, 0.25) is 0 Å². The first-order valence-corrected chi connectivity index (χ1v) is 8.98. The molecule has 1 N–H and O–H groups in total. The lowest BCUT2D eigenvalue weighted by atomic mass is 10.0. The van der Waals surface area contributed by atoms with Gasteiger partial charge in [0.05, 0.1) is 11.5 Å². The second-order valence-corrected chi connectivity index (χ2v) is 7.10. The van der Waals surface area contributed by atoms with Crippen molar-refractivity contribution in [2.75, 3.05) is 13.2 Å². The summed E-state index contributed by atoms with van der Waals surface area (Å²) >= 11 is 0. The largest absolute Gasteiger partial charge is 0.488 e. The predicted molar refractivity (Wildman–Crippen MR) is 105 cm³/mol. The number of hydrogen-bond donors (Lipinski definition) is 1. The summed E-state index contributed by atoms with van der Waals surface area (Å²) in [6.45, 7) is 4.73. The normalized spacial score (nSPS) is 14.4. The summed E-state index contributed by atoms with van der Waals surface area (Å²) in [6.07, 6.45) is 3.82. The summed E-state index contributed by atoms with van der Waals surface area (Å²) in [5.74, 6) is 1.19. The molecule has 2 aromatic carbocycles. The molecule has 0 saturated heterocycles. The minimum absolute atomic E-state index is 0.0125. The van der Waals surface area contributed by atoms with E-state index in [2.05, 4.69) is 5.32 Å². The smallest absolute Gasteiger partial charge is 0.269 e. The van der Waals surface area contributed by atoms with Crippen molar-refractivity contribution >= 4 is 17.7 Å². The summed E-state index contributed by atoms with van der Waals surface area (Å²) in [5.41, 5.74) is 1.60. The van der Waals surface area contributed by atoms with Crippen molar-refractivity contribution in [3.8, 4) is 11.5 Å². The van der Waals surface area contributed by atoms with E-state index >= 15 is 0 Å². The van der Waals surface area contributed by atoms with E-state index < -0.39 is 4.92 Å². The summed E-state index contributed by atoms with van der Waals surface area (Å²) in [7, 11) is 0. The Labute approximate surface area is 163 Å². The van der Waals surface area contributed by atoms with Crippen LogP contribution in [-0.2, 0) is 11.2 Å². The number of nitrogens with zero attached hydrogens (tertiary/aromatic N) is 1. The van der Waals surface area contributed by atoms with E-state index in [0.29, 0.717) is 24.5 Å². The molecule has 0 spiro atoms. The van der Waals surface area contributed by atoms with Gasteiger partial charge in [0.15, 0.2) is 11.5 Å². The van der Waals surface area contributed by atoms with Gasteiger partial charge in [-0.25, -0.2) is 0 Å². The van der Waals surface area contributed by atoms with E-state index in [1.165, 1.54) is 18.2 Å². The predicted octanol–water partition coefficient (Wildman–Crippen LogP) is 3.52. The Hall–Kier alpha value is -3.35. The van der Waals surface area contributed by atoms with Crippen molar-refractivity contribution in [3.05, 3.63) is 69.8 Å². The summed E-state index contributed by atoms with van der Waals surface area (Å²) in [4.78, 5) is 22.1. The van der Waals surface area contributed by atoms with Gasteiger partial charge in [-0.2, -0.15) is 0 Å². The number of nitrogens with one attached hydrogen (secondary N) is 1. The molecule has 1 aliphatic heterocycles. The highest BCUT2D eigenvalue weighted by Crippen LogP contribution is 2.41. The molecule has 0 fully saturated rings.